The summed E-state index contributed by atoms with van der Waals surface area (Å²) >= 11 is 0. The predicted molar refractivity (Wildman–Crippen MR) is 106 cm³/mol. The number of halogens is 1. The molecule has 0 saturated carbocycles. The van der Waals surface area contributed by atoms with E-state index in [0.717, 1.165) is 0 Å². The van der Waals surface area contributed by atoms with Crippen molar-refractivity contribution >= 4 is 17.6 Å². The molecule has 0 spiro atoms. The van der Waals surface area contributed by atoms with Gasteiger partial charge in [-0.2, -0.15) is 0 Å². The fourth-order valence-corrected chi connectivity index (χ4v) is 3.39. The summed E-state index contributed by atoms with van der Waals surface area (Å²) in [6, 6.07) is 10.1. The fraction of sp³-hybridized carbons (Fsp3) is 0.250. The average molecular weight is 410 g/mol. The van der Waals surface area contributed by atoms with E-state index in [4.69, 9.17) is 0 Å². The molecule has 1 N–H and O–H groups in total. The van der Waals surface area contributed by atoms with E-state index >= 15 is 0 Å². The second-order valence-electron chi connectivity index (χ2n) is 6.94. The highest BCUT2D eigenvalue weighted by atomic mass is 19.1. The summed E-state index contributed by atoms with van der Waals surface area (Å²) in [5.74, 6) is -0.989. The Kier molecular flexibility index (Phi) is 5.13. The summed E-state index contributed by atoms with van der Waals surface area (Å²) < 4.78 is 16.6. The Morgan fingerprint density at radius 1 is 1.20 bits per heavy atom. The van der Waals surface area contributed by atoms with Crippen LogP contribution in [0, 0.1) is 5.82 Å². The van der Waals surface area contributed by atoms with E-state index in [9.17, 15) is 18.8 Å². The third kappa shape index (κ3) is 3.71. The van der Waals surface area contributed by atoms with Crippen molar-refractivity contribution in [3.8, 4) is 0 Å². The highest BCUT2D eigenvalue weighted by Crippen LogP contribution is 2.17. The van der Waals surface area contributed by atoms with Gasteiger partial charge in [0, 0.05) is 25.2 Å². The van der Waals surface area contributed by atoms with Crippen molar-refractivity contribution in [3.63, 3.8) is 0 Å². The number of anilines is 1. The lowest BCUT2D eigenvalue weighted by Crippen LogP contribution is -2.47. The van der Waals surface area contributed by atoms with E-state index in [1.165, 1.54) is 32.6 Å². The molecule has 1 aromatic carbocycles. The molecule has 30 heavy (non-hydrogen) atoms. The number of benzene rings is 1. The molecule has 2 amide bonds. The molecule has 9 nitrogen and oxygen atoms in total. The summed E-state index contributed by atoms with van der Waals surface area (Å²) in [4.78, 5) is 42.8. The molecule has 0 fully saturated rings. The van der Waals surface area contributed by atoms with Gasteiger partial charge >= 0.3 is 0 Å². The van der Waals surface area contributed by atoms with Crippen LogP contribution in [0.15, 0.2) is 53.6 Å². The topological polar surface area (TPSA) is 102 Å². The molecular formula is C20H19FN6O3. The smallest absolute Gasteiger partial charge is 0.291 e. The second kappa shape index (κ2) is 7.90. The number of fused-ring (bicyclic) bond motifs is 1. The normalized spacial score (nSPS) is 16.1. The van der Waals surface area contributed by atoms with Gasteiger partial charge in [-0.1, -0.05) is 24.3 Å². The number of carbonyl (C=O) groups is 2. The van der Waals surface area contributed by atoms with Gasteiger partial charge < -0.3 is 5.32 Å². The van der Waals surface area contributed by atoms with Crippen LogP contribution < -0.4 is 15.8 Å². The molecule has 3 aromatic rings. The van der Waals surface area contributed by atoms with Crippen LogP contribution >= 0.6 is 0 Å². The lowest BCUT2D eigenvalue weighted by molar-refractivity contribution is -0.120. The fourth-order valence-electron chi connectivity index (χ4n) is 3.39. The zero-order valence-corrected chi connectivity index (χ0v) is 16.2. The molecule has 4 rings (SSSR count). The largest absolute Gasteiger partial charge is 0.337 e. The highest BCUT2D eigenvalue weighted by molar-refractivity contribution is 6.00. The molecule has 0 bridgehead atoms. The standard InChI is InChI=1S/C20H19FN6O3/c1-25-16-7-4-8-17(28)27(16)10-9-15(20(25)30)23-19(29)18-22-12-26(24-18)11-13-5-2-3-6-14(13)21/h2-8,12,15H,9-11H2,1H3,(H,23,29)/t15-/m0/s1. The van der Waals surface area contributed by atoms with Crippen molar-refractivity contribution in [2.75, 3.05) is 11.9 Å². The lowest BCUT2D eigenvalue weighted by atomic mass is 10.2. The predicted octanol–water partition coefficient (Wildman–Crippen LogP) is 0.792. The van der Waals surface area contributed by atoms with E-state index in [1.807, 2.05) is 0 Å². The number of likely N-dealkylation sites (N-methyl/N-ethyl adjacent to an activating group) is 1. The molecule has 3 heterocycles. The third-order valence-electron chi connectivity index (χ3n) is 4.98. The zero-order chi connectivity index (χ0) is 21.3. The first-order valence-electron chi connectivity index (χ1n) is 9.35. The summed E-state index contributed by atoms with van der Waals surface area (Å²) in [6.07, 6.45) is 1.58. The number of pyridine rings is 1. The van der Waals surface area contributed by atoms with Crippen molar-refractivity contribution in [1.29, 1.82) is 0 Å². The molecule has 0 saturated heterocycles. The quantitative estimate of drug-likeness (QED) is 0.685. The molecule has 1 aliphatic heterocycles. The molecule has 0 unspecified atom stereocenters. The summed E-state index contributed by atoms with van der Waals surface area (Å²) in [7, 11) is 1.56. The maximum Gasteiger partial charge on any atom is 0.291 e. The van der Waals surface area contributed by atoms with Gasteiger partial charge in [-0.25, -0.2) is 14.1 Å². The van der Waals surface area contributed by atoms with Gasteiger partial charge in [0.1, 0.15) is 24.0 Å². The summed E-state index contributed by atoms with van der Waals surface area (Å²) in [5, 5.41) is 6.72. The first-order chi connectivity index (χ1) is 14.4. The van der Waals surface area contributed by atoms with Gasteiger partial charge in [0.05, 0.1) is 6.54 Å². The number of amides is 2. The van der Waals surface area contributed by atoms with Crippen LogP contribution in [0.4, 0.5) is 10.2 Å². The van der Waals surface area contributed by atoms with E-state index in [2.05, 4.69) is 15.4 Å². The Bertz CT molecular complexity index is 1170. The zero-order valence-electron chi connectivity index (χ0n) is 16.2. The molecule has 2 aromatic heterocycles. The van der Waals surface area contributed by atoms with Gasteiger partial charge in [0.15, 0.2) is 0 Å². The first kappa shape index (κ1) is 19.5. The van der Waals surface area contributed by atoms with Crippen molar-refractivity contribution in [3.05, 3.63) is 76.4 Å². The molecule has 154 valence electrons. The number of aromatic nitrogens is 4. The Morgan fingerprint density at radius 2 is 2.00 bits per heavy atom. The van der Waals surface area contributed by atoms with Crippen molar-refractivity contribution in [1.82, 2.24) is 24.6 Å². The van der Waals surface area contributed by atoms with E-state index in [0.29, 0.717) is 11.4 Å². The van der Waals surface area contributed by atoms with Gasteiger partial charge in [-0.05, 0) is 18.6 Å². The van der Waals surface area contributed by atoms with Crippen LogP contribution in [0.25, 0.3) is 0 Å². The number of nitrogens with zero attached hydrogens (tertiary/aromatic N) is 5. The Balaban J connectivity index is 1.47. The SMILES string of the molecule is CN1C(=O)[C@@H](NC(=O)c2ncn(Cc3ccccc3F)n2)CCn2c1cccc2=O. The molecule has 1 atom stereocenters. The summed E-state index contributed by atoms with van der Waals surface area (Å²) in [5.41, 5.74) is 0.200. The third-order valence-corrected chi connectivity index (χ3v) is 4.98. The second-order valence-corrected chi connectivity index (χ2v) is 6.94. The molecular weight excluding hydrogens is 391 g/mol. The molecule has 10 heteroatoms. The first-order valence-corrected chi connectivity index (χ1v) is 9.35. The molecule has 1 aliphatic rings. The minimum atomic E-state index is -0.833. The van der Waals surface area contributed by atoms with Crippen LogP contribution in [0.5, 0.6) is 0 Å². The average Bonchev–Trinajstić information content (AvgIpc) is 3.16. The van der Waals surface area contributed by atoms with Crippen molar-refractivity contribution in [2.24, 2.45) is 0 Å². The van der Waals surface area contributed by atoms with Gasteiger partial charge in [-0.15, -0.1) is 5.10 Å². The summed E-state index contributed by atoms with van der Waals surface area (Å²) in [6.45, 7) is 0.404. The van der Waals surface area contributed by atoms with E-state index < -0.39 is 11.9 Å². The van der Waals surface area contributed by atoms with Crippen LogP contribution in [0.1, 0.15) is 22.6 Å². The highest BCUT2D eigenvalue weighted by Gasteiger charge is 2.30. The molecule has 0 aliphatic carbocycles. The Morgan fingerprint density at radius 3 is 2.80 bits per heavy atom. The lowest BCUT2D eigenvalue weighted by Gasteiger charge is -2.21. The van der Waals surface area contributed by atoms with Crippen LogP contribution in [0.3, 0.4) is 0 Å². The van der Waals surface area contributed by atoms with Gasteiger partial charge in [0.2, 0.25) is 11.7 Å². The van der Waals surface area contributed by atoms with Crippen LogP contribution in [0.2, 0.25) is 0 Å². The van der Waals surface area contributed by atoms with Gasteiger partial charge in [0.25, 0.3) is 11.5 Å². The maximum atomic E-state index is 13.8. The minimum absolute atomic E-state index is 0.121. The Hall–Kier alpha value is -3.82. The van der Waals surface area contributed by atoms with Crippen LogP contribution in [-0.4, -0.2) is 44.2 Å². The van der Waals surface area contributed by atoms with Gasteiger partial charge in [-0.3, -0.25) is 23.9 Å². The Labute approximate surface area is 170 Å². The maximum absolute atomic E-state index is 13.8. The van der Waals surface area contributed by atoms with Crippen LogP contribution in [-0.2, 0) is 17.9 Å². The van der Waals surface area contributed by atoms with Crippen molar-refractivity contribution < 1.29 is 14.0 Å². The number of hydrogen-bond acceptors (Lipinski definition) is 5. The van der Waals surface area contributed by atoms with E-state index in [-0.39, 0.29) is 42.6 Å². The van der Waals surface area contributed by atoms with Crippen molar-refractivity contribution in [2.45, 2.75) is 25.6 Å². The molecule has 0 radical (unpaired) electrons. The monoisotopic (exact) mass is 410 g/mol. The van der Waals surface area contributed by atoms with E-state index in [1.54, 1.807) is 37.4 Å². The number of rotatable bonds is 4. The number of hydrogen-bond donors (Lipinski definition) is 1. The number of carbonyl (C=O) groups excluding carboxylic acids is 2. The minimum Gasteiger partial charge on any atom is -0.337 e. The number of nitrogens with one attached hydrogen (secondary N) is 1.